The Morgan fingerprint density at radius 2 is 1.75 bits per heavy atom. The third kappa shape index (κ3) is 4.37. The maximum Gasteiger partial charge on any atom is 0.534 e. The molecule has 0 amide bonds. The number of alkyl halides is 3. The first-order valence-corrected chi connectivity index (χ1v) is 9.72. The number of nitrogens with zero attached hydrogens (tertiary/aromatic N) is 1. The fourth-order valence-corrected chi connectivity index (χ4v) is 3.01. The molecule has 1 heterocycles. The van der Waals surface area contributed by atoms with Gasteiger partial charge in [0.1, 0.15) is 11.4 Å². The van der Waals surface area contributed by atoms with E-state index in [0.29, 0.717) is 22.0 Å². The van der Waals surface area contributed by atoms with Gasteiger partial charge in [0.05, 0.1) is 12.1 Å². The Balaban J connectivity index is 2.75. The SMILES string of the molecule is CCOC(=O)c1cc(C)c2cc(OS(=O)(=O)C(F)(F)F)cc(C(C)(C)C)c2n1. The van der Waals surface area contributed by atoms with Gasteiger partial charge in [-0.1, -0.05) is 20.8 Å². The van der Waals surface area contributed by atoms with Crippen LogP contribution in [0.1, 0.15) is 49.3 Å². The number of rotatable bonds is 4. The van der Waals surface area contributed by atoms with E-state index in [1.54, 1.807) is 34.6 Å². The molecule has 0 bridgehead atoms. The highest BCUT2D eigenvalue weighted by Gasteiger charge is 2.48. The summed E-state index contributed by atoms with van der Waals surface area (Å²) in [6.45, 7) is 8.76. The third-order valence-corrected chi connectivity index (χ3v) is 4.85. The van der Waals surface area contributed by atoms with Gasteiger partial charge in [-0.05, 0) is 48.6 Å². The van der Waals surface area contributed by atoms with Gasteiger partial charge in [-0.25, -0.2) is 9.78 Å². The lowest BCUT2D eigenvalue weighted by molar-refractivity contribution is -0.0500. The van der Waals surface area contributed by atoms with Crippen molar-refractivity contribution in [1.29, 1.82) is 0 Å². The average molecular weight is 419 g/mol. The zero-order valence-corrected chi connectivity index (χ0v) is 16.8. The summed E-state index contributed by atoms with van der Waals surface area (Å²) in [6, 6.07) is 3.77. The molecule has 1 aromatic heterocycles. The van der Waals surface area contributed by atoms with Crippen molar-refractivity contribution in [3.05, 3.63) is 35.0 Å². The molecule has 1 aromatic carbocycles. The fourth-order valence-electron chi connectivity index (χ4n) is 2.57. The first-order chi connectivity index (χ1) is 12.7. The lowest BCUT2D eigenvalue weighted by Crippen LogP contribution is -2.28. The topological polar surface area (TPSA) is 82.6 Å². The molecular weight excluding hydrogens is 399 g/mol. The number of carbonyl (C=O) groups is 1. The molecule has 0 aliphatic heterocycles. The summed E-state index contributed by atoms with van der Waals surface area (Å²) in [4.78, 5) is 16.4. The van der Waals surface area contributed by atoms with Crippen molar-refractivity contribution < 1.29 is 35.3 Å². The molecule has 28 heavy (non-hydrogen) atoms. The van der Waals surface area contributed by atoms with Gasteiger partial charge in [-0.3, -0.25) is 0 Å². The highest BCUT2D eigenvalue weighted by molar-refractivity contribution is 7.88. The molecule has 0 fully saturated rings. The fraction of sp³-hybridized carbons (Fsp3) is 0.444. The molecule has 0 unspecified atom stereocenters. The molecule has 0 radical (unpaired) electrons. The number of fused-ring (bicyclic) bond motifs is 1. The summed E-state index contributed by atoms with van der Waals surface area (Å²) < 4.78 is 70.1. The molecule has 2 aromatic rings. The summed E-state index contributed by atoms with van der Waals surface area (Å²) in [6.07, 6.45) is 0. The van der Waals surface area contributed by atoms with Crippen molar-refractivity contribution in [3.63, 3.8) is 0 Å². The van der Waals surface area contributed by atoms with Gasteiger partial charge < -0.3 is 8.92 Å². The van der Waals surface area contributed by atoms with Gasteiger partial charge in [-0.2, -0.15) is 21.6 Å². The first kappa shape index (κ1) is 21.9. The smallest absolute Gasteiger partial charge is 0.461 e. The highest BCUT2D eigenvalue weighted by atomic mass is 32.2. The lowest BCUT2D eigenvalue weighted by atomic mass is 9.84. The van der Waals surface area contributed by atoms with Gasteiger partial charge >= 0.3 is 21.6 Å². The van der Waals surface area contributed by atoms with Gasteiger partial charge in [-0.15, -0.1) is 0 Å². The molecule has 0 spiro atoms. The number of pyridine rings is 1. The number of carbonyl (C=O) groups excluding carboxylic acids is 1. The number of hydrogen-bond acceptors (Lipinski definition) is 6. The van der Waals surface area contributed by atoms with E-state index in [1.165, 1.54) is 12.1 Å². The molecule has 0 saturated heterocycles. The average Bonchev–Trinajstić information content (AvgIpc) is 2.52. The van der Waals surface area contributed by atoms with E-state index in [4.69, 9.17) is 4.74 Å². The Morgan fingerprint density at radius 1 is 1.14 bits per heavy atom. The van der Waals surface area contributed by atoms with E-state index in [2.05, 4.69) is 9.17 Å². The van der Waals surface area contributed by atoms with Crippen molar-refractivity contribution in [2.75, 3.05) is 6.61 Å². The minimum atomic E-state index is -5.82. The van der Waals surface area contributed by atoms with Gasteiger partial charge in [0.2, 0.25) is 0 Å². The van der Waals surface area contributed by atoms with Crippen molar-refractivity contribution >= 4 is 27.0 Å². The zero-order valence-electron chi connectivity index (χ0n) is 16.0. The molecule has 0 atom stereocenters. The predicted octanol–water partition coefficient (Wildman–Crippen LogP) is 4.25. The van der Waals surface area contributed by atoms with Crippen LogP contribution in [0.5, 0.6) is 5.75 Å². The number of benzene rings is 1. The standard InChI is InChI=1S/C18H20F3NO5S/c1-6-26-16(23)14-7-10(2)12-8-11(27-28(24,25)18(19,20)21)9-13(15(12)22-14)17(3,4)5/h7-9H,6H2,1-5H3. The number of esters is 1. The van der Waals surface area contributed by atoms with E-state index < -0.39 is 32.8 Å². The molecule has 0 N–H and O–H groups in total. The minimum absolute atomic E-state index is 0.0499. The first-order valence-electron chi connectivity index (χ1n) is 8.31. The maximum atomic E-state index is 12.7. The molecule has 0 saturated carbocycles. The van der Waals surface area contributed by atoms with Crippen molar-refractivity contribution in [2.24, 2.45) is 0 Å². The number of halogens is 3. The summed E-state index contributed by atoms with van der Waals surface area (Å²) in [5, 5.41) is 0.368. The van der Waals surface area contributed by atoms with Crippen LogP contribution in [-0.4, -0.2) is 31.5 Å². The van der Waals surface area contributed by atoms with E-state index in [9.17, 15) is 26.4 Å². The van der Waals surface area contributed by atoms with Crippen LogP contribution in [0.25, 0.3) is 10.9 Å². The van der Waals surface area contributed by atoms with Gasteiger partial charge in [0, 0.05) is 5.39 Å². The van der Waals surface area contributed by atoms with Crippen LogP contribution in [0.15, 0.2) is 18.2 Å². The molecular formula is C18H20F3NO5S. The Hall–Kier alpha value is -2.36. The van der Waals surface area contributed by atoms with Crippen LogP contribution in [-0.2, 0) is 20.3 Å². The number of aromatic nitrogens is 1. The Labute approximate surface area is 160 Å². The minimum Gasteiger partial charge on any atom is -0.461 e. The van der Waals surface area contributed by atoms with E-state index in [0.717, 1.165) is 6.07 Å². The zero-order chi connectivity index (χ0) is 21.5. The van der Waals surface area contributed by atoms with Gasteiger partial charge in [0.25, 0.3) is 0 Å². The second kappa shape index (κ2) is 7.23. The highest BCUT2D eigenvalue weighted by Crippen LogP contribution is 2.36. The van der Waals surface area contributed by atoms with Crippen LogP contribution >= 0.6 is 0 Å². The number of ether oxygens (including phenoxy) is 1. The van der Waals surface area contributed by atoms with Crippen LogP contribution in [0.3, 0.4) is 0 Å². The quantitative estimate of drug-likeness (QED) is 0.419. The van der Waals surface area contributed by atoms with E-state index in [-0.39, 0.29) is 12.3 Å². The largest absolute Gasteiger partial charge is 0.534 e. The third-order valence-electron chi connectivity index (χ3n) is 3.88. The molecule has 2 rings (SSSR count). The summed E-state index contributed by atoms with van der Waals surface area (Å²) in [7, 11) is -5.82. The van der Waals surface area contributed by atoms with Crippen molar-refractivity contribution in [1.82, 2.24) is 4.98 Å². The summed E-state index contributed by atoms with van der Waals surface area (Å²) >= 11 is 0. The Morgan fingerprint density at radius 3 is 2.25 bits per heavy atom. The Bertz CT molecular complexity index is 1020. The van der Waals surface area contributed by atoms with Crippen LogP contribution < -0.4 is 4.18 Å². The maximum absolute atomic E-state index is 12.7. The van der Waals surface area contributed by atoms with Crippen molar-refractivity contribution in [2.45, 2.75) is 45.5 Å². The van der Waals surface area contributed by atoms with Gasteiger partial charge in [0.15, 0.2) is 0 Å². The van der Waals surface area contributed by atoms with E-state index in [1.807, 2.05) is 0 Å². The second-order valence-corrected chi connectivity index (χ2v) is 8.68. The lowest BCUT2D eigenvalue weighted by Gasteiger charge is -2.23. The molecule has 10 heteroatoms. The molecule has 0 aliphatic rings. The van der Waals surface area contributed by atoms with Crippen LogP contribution in [0.4, 0.5) is 13.2 Å². The Kier molecular flexibility index (Phi) is 5.66. The van der Waals surface area contributed by atoms with E-state index >= 15 is 0 Å². The predicted molar refractivity (Wildman–Crippen MR) is 96.7 cm³/mol. The summed E-state index contributed by atoms with van der Waals surface area (Å²) in [5.74, 6) is -1.11. The number of hydrogen-bond donors (Lipinski definition) is 0. The molecule has 6 nitrogen and oxygen atoms in total. The molecule has 0 aliphatic carbocycles. The van der Waals surface area contributed by atoms with Crippen LogP contribution in [0.2, 0.25) is 0 Å². The van der Waals surface area contributed by atoms with Crippen molar-refractivity contribution in [3.8, 4) is 5.75 Å². The number of aryl methyl sites for hydroxylation is 1. The second-order valence-electron chi connectivity index (χ2n) is 7.15. The normalized spacial score (nSPS) is 12.9. The van der Waals surface area contributed by atoms with Crippen LogP contribution in [0, 0.1) is 6.92 Å². The monoisotopic (exact) mass is 419 g/mol. The molecule has 154 valence electrons. The summed E-state index contributed by atoms with van der Waals surface area (Å²) in [5.41, 5.74) is -4.85.